The summed E-state index contributed by atoms with van der Waals surface area (Å²) >= 11 is 0. The Labute approximate surface area is 92.3 Å². The van der Waals surface area contributed by atoms with Crippen LogP contribution in [0, 0.1) is 11.7 Å². The van der Waals surface area contributed by atoms with Crippen molar-refractivity contribution < 1.29 is 14.3 Å². The molecule has 1 aromatic carbocycles. The number of carbonyl (C=O) groups excluding carboxylic acids is 1. The van der Waals surface area contributed by atoms with Gasteiger partial charge < -0.3 is 16.2 Å². The molecule has 0 atom stereocenters. The Kier molecular flexibility index (Phi) is 2.78. The van der Waals surface area contributed by atoms with Crippen LogP contribution < -0.4 is 11.1 Å². The Balaban J connectivity index is 2.03. The lowest BCUT2D eigenvalue weighted by molar-refractivity contribution is -0.122. The van der Waals surface area contributed by atoms with Crippen molar-refractivity contribution in [1.82, 2.24) is 0 Å². The standard InChI is InChI=1S/C11H13FN2O2/c12-7-1-2-10(15)9(5-7)14-11(16)6-3-8(13)4-6/h1-2,5-6,8,15H,3-4,13H2,(H,14,16). The molecule has 1 aliphatic carbocycles. The van der Waals surface area contributed by atoms with E-state index in [1.807, 2.05) is 0 Å². The van der Waals surface area contributed by atoms with Crippen LogP contribution >= 0.6 is 0 Å². The number of rotatable bonds is 2. The quantitative estimate of drug-likeness (QED) is 0.661. The smallest absolute Gasteiger partial charge is 0.227 e. The zero-order chi connectivity index (χ0) is 11.7. The van der Waals surface area contributed by atoms with E-state index in [0.29, 0.717) is 12.8 Å². The number of phenolic OH excluding ortho intramolecular Hbond substituents is 1. The number of hydrogen-bond donors (Lipinski definition) is 3. The van der Waals surface area contributed by atoms with E-state index < -0.39 is 5.82 Å². The molecule has 0 aliphatic heterocycles. The molecular weight excluding hydrogens is 211 g/mol. The Morgan fingerprint density at radius 1 is 1.50 bits per heavy atom. The van der Waals surface area contributed by atoms with Gasteiger partial charge in [0.05, 0.1) is 5.69 Å². The molecule has 1 amide bonds. The van der Waals surface area contributed by atoms with Crippen LogP contribution in [-0.2, 0) is 4.79 Å². The lowest BCUT2D eigenvalue weighted by Crippen LogP contribution is -2.42. The molecule has 86 valence electrons. The molecule has 0 saturated heterocycles. The predicted octanol–water partition coefficient (Wildman–Crippen LogP) is 1.21. The molecule has 0 unspecified atom stereocenters. The molecule has 1 fully saturated rings. The molecule has 0 heterocycles. The van der Waals surface area contributed by atoms with Crippen molar-refractivity contribution in [2.24, 2.45) is 11.7 Å². The number of nitrogens with one attached hydrogen (secondary N) is 1. The zero-order valence-electron chi connectivity index (χ0n) is 8.61. The van der Waals surface area contributed by atoms with Gasteiger partial charge in [-0.3, -0.25) is 4.79 Å². The van der Waals surface area contributed by atoms with Crippen LogP contribution in [0.25, 0.3) is 0 Å². The van der Waals surface area contributed by atoms with Gasteiger partial charge in [-0.1, -0.05) is 0 Å². The first kappa shape index (κ1) is 10.9. The van der Waals surface area contributed by atoms with E-state index in [-0.39, 0.29) is 29.3 Å². The van der Waals surface area contributed by atoms with Crippen molar-refractivity contribution in [1.29, 1.82) is 0 Å². The predicted molar refractivity (Wildman–Crippen MR) is 57.4 cm³/mol. The van der Waals surface area contributed by atoms with Crippen LogP contribution in [-0.4, -0.2) is 17.1 Å². The Hall–Kier alpha value is -1.62. The monoisotopic (exact) mass is 224 g/mol. The minimum atomic E-state index is -0.501. The zero-order valence-corrected chi connectivity index (χ0v) is 8.61. The molecule has 0 spiro atoms. The van der Waals surface area contributed by atoms with Crippen LogP contribution in [0.15, 0.2) is 18.2 Å². The summed E-state index contributed by atoms with van der Waals surface area (Å²) in [6.45, 7) is 0. The number of amides is 1. The Morgan fingerprint density at radius 3 is 2.81 bits per heavy atom. The normalized spacial score (nSPS) is 23.6. The van der Waals surface area contributed by atoms with E-state index in [0.717, 1.165) is 12.1 Å². The largest absolute Gasteiger partial charge is 0.506 e. The van der Waals surface area contributed by atoms with E-state index in [4.69, 9.17) is 5.73 Å². The molecule has 4 nitrogen and oxygen atoms in total. The maximum absolute atomic E-state index is 12.9. The number of carbonyl (C=O) groups is 1. The number of benzene rings is 1. The lowest BCUT2D eigenvalue weighted by Gasteiger charge is -2.31. The van der Waals surface area contributed by atoms with Crippen LogP contribution in [0.1, 0.15) is 12.8 Å². The highest BCUT2D eigenvalue weighted by Gasteiger charge is 2.32. The Morgan fingerprint density at radius 2 is 2.19 bits per heavy atom. The molecule has 5 heteroatoms. The number of aromatic hydroxyl groups is 1. The fraction of sp³-hybridized carbons (Fsp3) is 0.364. The number of phenols is 1. The van der Waals surface area contributed by atoms with Crippen molar-refractivity contribution in [3.8, 4) is 5.75 Å². The van der Waals surface area contributed by atoms with Gasteiger partial charge in [0.15, 0.2) is 0 Å². The van der Waals surface area contributed by atoms with Gasteiger partial charge >= 0.3 is 0 Å². The molecule has 1 aromatic rings. The summed E-state index contributed by atoms with van der Waals surface area (Å²) in [5.74, 6) is -0.989. The maximum Gasteiger partial charge on any atom is 0.227 e. The molecule has 2 rings (SSSR count). The van der Waals surface area contributed by atoms with Crippen molar-refractivity contribution in [2.75, 3.05) is 5.32 Å². The fourth-order valence-corrected chi connectivity index (χ4v) is 1.72. The number of hydrogen-bond acceptors (Lipinski definition) is 3. The molecule has 4 N–H and O–H groups in total. The van der Waals surface area contributed by atoms with Crippen molar-refractivity contribution in [3.05, 3.63) is 24.0 Å². The lowest BCUT2D eigenvalue weighted by atomic mass is 9.80. The summed E-state index contributed by atoms with van der Waals surface area (Å²) in [5.41, 5.74) is 5.67. The highest BCUT2D eigenvalue weighted by Crippen LogP contribution is 2.29. The number of nitrogens with two attached hydrogens (primary N) is 1. The summed E-state index contributed by atoms with van der Waals surface area (Å²) in [4.78, 5) is 11.6. The molecule has 16 heavy (non-hydrogen) atoms. The van der Waals surface area contributed by atoms with E-state index in [1.54, 1.807) is 0 Å². The third kappa shape index (κ3) is 2.14. The third-order valence-corrected chi connectivity index (χ3v) is 2.76. The maximum atomic E-state index is 12.9. The van der Waals surface area contributed by atoms with Gasteiger partial charge in [-0.2, -0.15) is 0 Å². The van der Waals surface area contributed by atoms with Crippen LogP contribution in [0.5, 0.6) is 5.75 Å². The summed E-state index contributed by atoms with van der Waals surface area (Å²) in [7, 11) is 0. The minimum absolute atomic E-state index is 0.0804. The number of anilines is 1. The van der Waals surface area contributed by atoms with E-state index in [1.165, 1.54) is 6.07 Å². The second kappa shape index (κ2) is 4.09. The van der Waals surface area contributed by atoms with Gasteiger partial charge in [-0.05, 0) is 25.0 Å². The molecule has 0 aromatic heterocycles. The summed E-state index contributed by atoms with van der Waals surface area (Å²) in [6, 6.07) is 3.50. The van der Waals surface area contributed by atoms with Gasteiger partial charge in [0.2, 0.25) is 5.91 Å². The summed E-state index contributed by atoms with van der Waals surface area (Å²) in [5, 5.41) is 11.9. The first-order valence-corrected chi connectivity index (χ1v) is 5.11. The topological polar surface area (TPSA) is 75.4 Å². The van der Waals surface area contributed by atoms with Crippen LogP contribution in [0.4, 0.5) is 10.1 Å². The van der Waals surface area contributed by atoms with Gasteiger partial charge in [0, 0.05) is 18.0 Å². The van der Waals surface area contributed by atoms with Gasteiger partial charge in [0.1, 0.15) is 11.6 Å². The average Bonchev–Trinajstić information content (AvgIpc) is 2.19. The highest BCUT2D eigenvalue weighted by molar-refractivity contribution is 5.94. The minimum Gasteiger partial charge on any atom is -0.506 e. The Bertz CT molecular complexity index is 416. The van der Waals surface area contributed by atoms with Gasteiger partial charge in [-0.25, -0.2) is 4.39 Å². The molecular formula is C11H13FN2O2. The number of halogens is 1. The SMILES string of the molecule is NC1CC(C(=O)Nc2cc(F)ccc2O)C1. The van der Waals surface area contributed by atoms with E-state index >= 15 is 0 Å². The summed E-state index contributed by atoms with van der Waals surface area (Å²) < 4.78 is 12.9. The van der Waals surface area contributed by atoms with Gasteiger partial charge in [-0.15, -0.1) is 0 Å². The first-order valence-electron chi connectivity index (χ1n) is 5.11. The first-order chi connectivity index (χ1) is 7.56. The third-order valence-electron chi connectivity index (χ3n) is 2.76. The van der Waals surface area contributed by atoms with E-state index in [9.17, 15) is 14.3 Å². The van der Waals surface area contributed by atoms with E-state index in [2.05, 4.69) is 5.32 Å². The molecule has 1 saturated carbocycles. The second-order valence-corrected chi connectivity index (χ2v) is 4.08. The van der Waals surface area contributed by atoms with Crippen molar-refractivity contribution >= 4 is 11.6 Å². The van der Waals surface area contributed by atoms with Crippen molar-refractivity contribution in [2.45, 2.75) is 18.9 Å². The average molecular weight is 224 g/mol. The molecule has 0 radical (unpaired) electrons. The second-order valence-electron chi connectivity index (χ2n) is 4.08. The van der Waals surface area contributed by atoms with Crippen molar-refractivity contribution in [3.63, 3.8) is 0 Å². The van der Waals surface area contributed by atoms with Crippen LogP contribution in [0.3, 0.4) is 0 Å². The molecule has 0 bridgehead atoms. The molecule has 1 aliphatic rings. The fourth-order valence-electron chi connectivity index (χ4n) is 1.72. The highest BCUT2D eigenvalue weighted by atomic mass is 19.1. The van der Waals surface area contributed by atoms with Gasteiger partial charge in [0.25, 0.3) is 0 Å². The summed E-state index contributed by atoms with van der Waals surface area (Å²) in [6.07, 6.45) is 1.28. The van der Waals surface area contributed by atoms with Crippen LogP contribution in [0.2, 0.25) is 0 Å².